The van der Waals surface area contributed by atoms with Crippen LogP contribution in [0.5, 0.6) is 5.75 Å². The van der Waals surface area contributed by atoms with Gasteiger partial charge in [0.1, 0.15) is 35.9 Å². The van der Waals surface area contributed by atoms with Crippen LogP contribution in [0.1, 0.15) is 37.7 Å². The Balaban J connectivity index is 1.41. The summed E-state index contributed by atoms with van der Waals surface area (Å²) >= 11 is 0. The predicted octanol–water partition coefficient (Wildman–Crippen LogP) is 3.28. The van der Waals surface area contributed by atoms with Gasteiger partial charge in [-0.05, 0) is 36.0 Å². The van der Waals surface area contributed by atoms with Crippen molar-refractivity contribution >= 4 is 11.6 Å². The molecule has 0 radical (unpaired) electrons. The summed E-state index contributed by atoms with van der Waals surface area (Å²) in [5, 5.41) is 31.5. The Morgan fingerprint density at radius 3 is 2.49 bits per heavy atom. The van der Waals surface area contributed by atoms with Crippen molar-refractivity contribution in [2.45, 2.75) is 62.9 Å². The number of benzene rings is 2. The van der Waals surface area contributed by atoms with E-state index in [0.717, 1.165) is 42.4 Å². The molecule has 7 heteroatoms. The van der Waals surface area contributed by atoms with Crippen LogP contribution in [0.4, 0.5) is 0 Å². The molecule has 0 spiro atoms. The molecule has 1 aliphatic heterocycles. The normalized spacial score (nSPS) is 21.6. The molecule has 7 nitrogen and oxygen atoms in total. The van der Waals surface area contributed by atoms with Gasteiger partial charge >= 0.3 is 0 Å². The van der Waals surface area contributed by atoms with Gasteiger partial charge in [0, 0.05) is 25.5 Å². The van der Waals surface area contributed by atoms with Gasteiger partial charge in [0.15, 0.2) is 5.78 Å². The van der Waals surface area contributed by atoms with Crippen molar-refractivity contribution in [2.24, 2.45) is 11.8 Å². The molecule has 2 aliphatic rings. The molecule has 0 amide bonds. The first-order valence-electron chi connectivity index (χ1n) is 13.0. The van der Waals surface area contributed by atoms with Crippen LogP contribution in [-0.2, 0) is 20.7 Å². The second-order valence-corrected chi connectivity index (χ2v) is 10.0. The summed E-state index contributed by atoms with van der Waals surface area (Å²) in [7, 11) is 1.26. The SMILES string of the molecule is CO[C@@H](C(=O)C[C@H]1COc2cccc(-c3ccccc3)c2CC1=O)[C@H](O)[C@@H](O)[C@H](O)/C=C/C1CCCC1. The maximum Gasteiger partial charge on any atom is 0.165 e. The third-order valence-corrected chi connectivity index (χ3v) is 7.47. The maximum absolute atomic E-state index is 13.2. The van der Waals surface area contributed by atoms with E-state index in [1.807, 2.05) is 54.6 Å². The number of ketones is 2. The first kappa shape index (κ1) is 27.2. The van der Waals surface area contributed by atoms with E-state index in [4.69, 9.17) is 9.47 Å². The van der Waals surface area contributed by atoms with E-state index >= 15 is 0 Å². The Kier molecular flexibility index (Phi) is 9.27. The van der Waals surface area contributed by atoms with Crippen LogP contribution >= 0.6 is 0 Å². The second kappa shape index (κ2) is 12.6. The molecule has 1 fully saturated rings. The first-order chi connectivity index (χ1) is 17.9. The summed E-state index contributed by atoms with van der Waals surface area (Å²) in [4.78, 5) is 26.3. The minimum Gasteiger partial charge on any atom is -0.493 e. The third kappa shape index (κ3) is 6.54. The predicted molar refractivity (Wildman–Crippen MR) is 139 cm³/mol. The molecular weight excluding hydrogens is 472 g/mol. The van der Waals surface area contributed by atoms with Crippen LogP contribution in [0.15, 0.2) is 60.7 Å². The van der Waals surface area contributed by atoms with Gasteiger partial charge in [0.25, 0.3) is 0 Å². The molecule has 3 N–H and O–H groups in total. The zero-order valence-electron chi connectivity index (χ0n) is 21.2. The van der Waals surface area contributed by atoms with Gasteiger partial charge in [-0.1, -0.05) is 67.5 Å². The average Bonchev–Trinajstić information content (AvgIpc) is 3.38. The number of ether oxygens (including phenoxy) is 2. The highest BCUT2D eigenvalue weighted by Gasteiger charge is 2.38. The minimum atomic E-state index is -1.65. The van der Waals surface area contributed by atoms with Crippen molar-refractivity contribution in [3.8, 4) is 16.9 Å². The minimum absolute atomic E-state index is 0.0254. The molecule has 4 rings (SSSR count). The second-order valence-electron chi connectivity index (χ2n) is 10.0. The lowest BCUT2D eigenvalue weighted by Gasteiger charge is -2.27. The van der Waals surface area contributed by atoms with Crippen LogP contribution in [0, 0.1) is 11.8 Å². The van der Waals surface area contributed by atoms with Crippen LogP contribution in [0.25, 0.3) is 11.1 Å². The van der Waals surface area contributed by atoms with Crippen LogP contribution in [-0.4, -0.2) is 65.0 Å². The van der Waals surface area contributed by atoms with Crippen LogP contribution in [0.3, 0.4) is 0 Å². The number of carbonyl (C=O) groups is 2. The van der Waals surface area contributed by atoms with Gasteiger partial charge in [-0.2, -0.15) is 0 Å². The number of hydrogen-bond acceptors (Lipinski definition) is 7. The molecule has 198 valence electrons. The number of methoxy groups -OCH3 is 1. The fraction of sp³-hybridized carbons (Fsp3) is 0.467. The lowest BCUT2D eigenvalue weighted by Crippen LogP contribution is -2.48. The quantitative estimate of drug-likeness (QED) is 0.422. The van der Waals surface area contributed by atoms with Gasteiger partial charge in [0.2, 0.25) is 0 Å². The van der Waals surface area contributed by atoms with E-state index < -0.39 is 36.1 Å². The molecule has 0 unspecified atom stereocenters. The van der Waals surface area contributed by atoms with Crippen molar-refractivity contribution < 1.29 is 34.4 Å². The van der Waals surface area contributed by atoms with E-state index in [1.54, 1.807) is 0 Å². The fourth-order valence-corrected chi connectivity index (χ4v) is 5.28. The van der Waals surface area contributed by atoms with E-state index in [-0.39, 0.29) is 25.2 Å². The molecule has 37 heavy (non-hydrogen) atoms. The van der Waals surface area contributed by atoms with Crippen LogP contribution < -0.4 is 4.74 Å². The van der Waals surface area contributed by atoms with E-state index in [0.29, 0.717) is 11.7 Å². The highest BCUT2D eigenvalue weighted by molar-refractivity contribution is 5.93. The standard InChI is InChI=1S/C30H36O7/c1-36-30(29(35)28(34)24(31)15-14-19-8-5-6-9-19)26(33)16-21-18-37-27-13-7-12-22(23(27)17-25(21)32)20-10-3-2-4-11-20/h2-4,7,10-15,19,21,24,28-31,34-35H,5-6,8-9,16-18H2,1H3/b15-14+/t21-,24+,28-,29+,30-/m0/s1. The molecule has 0 saturated heterocycles. The molecule has 0 bridgehead atoms. The number of rotatable bonds is 10. The van der Waals surface area contributed by atoms with Crippen molar-refractivity contribution in [3.05, 3.63) is 66.2 Å². The summed E-state index contributed by atoms with van der Waals surface area (Å²) in [5.41, 5.74) is 2.67. The lowest BCUT2D eigenvalue weighted by atomic mass is 9.88. The van der Waals surface area contributed by atoms with Crippen molar-refractivity contribution in [3.63, 3.8) is 0 Å². The summed E-state index contributed by atoms with van der Waals surface area (Å²) in [5.74, 6) is -0.429. The zero-order chi connectivity index (χ0) is 26.4. The van der Waals surface area contributed by atoms with Crippen molar-refractivity contribution in [1.82, 2.24) is 0 Å². The number of carbonyl (C=O) groups excluding carboxylic acids is 2. The number of aliphatic hydroxyl groups excluding tert-OH is 3. The van der Waals surface area contributed by atoms with E-state index in [9.17, 15) is 24.9 Å². The van der Waals surface area contributed by atoms with Crippen molar-refractivity contribution in [1.29, 1.82) is 0 Å². The third-order valence-electron chi connectivity index (χ3n) is 7.47. The zero-order valence-corrected chi connectivity index (χ0v) is 21.2. The van der Waals surface area contributed by atoms with Crippen LogP contribution in [0.2, 0.25) is 0 Å². The Morgan fingerprint density at radius 2 is 1.78 bits per heavy atom. The van der Waals surface area contributed by atoms with Gasteiger partial charge in [-0.15, -0.1) is 0 Å². The number of allylic oxidation sites excluding steroid dienone is 1. The molecular formula is C30H36O7. The van der Waals surface area contributed by atoms with E-state index in [1.165, 1.54) is 13.2 Å². The summed E-state index contributed by atoms with van der Waals surface area (Å²) in [6.45, 7) is 0.0254. The molecule has 0 aromatic heterocycles. The van der Waals surface area contributed by atoms with Crippen molar-refractivity contribution in [2.75, 3.05) is 13.7 Å². The molecule has 1 aliphatic carbocycles. The first-order valence-corrected chi connectivity index (χ1v) is 13.0. The fourth-order valence-electron chi connectivity index (χ4n) is 5.28. The Bertz CT molecular complexity index is 1090. The number of hydrogen-bond donors (Lipinski definition) is 3. The summed E-state index contributed by atoms with van der Waals surface area (Å²) in [6.07, 6.45) is 1.62. The Hall–Kier alpha value is -2.84. The molecule has 2 aromatic rings. The summed E-state index contributed by atoms with van der Waals surface area (Å²) < 4.78 is 11.2. The largest absolute Gasteiger partial charge is 0.493 e. The summed E-state index contributed by atoms with van der Waals surface area (Å²) in [6, 6.07) is 15.4. The topological polar surface area (TPSA) is 113 Å². The Labute approximate surface area is 217 Å². The monoisotopic (exact) mass is 508 g/mol. The Morgan fingerprint density at radius 1 is 1.05 bits per heavy atom. The highest BCUT2D eigenvalue weighted by Crippen LogP contribution is 2.34. The van der Waals surface area contributed by atoms with E-state index in [2.05, 4.69) is 0 Å². The highest BCUT2D eigenvalue weighted by atomic mass is 16.5. The van der Waals surface area contributed by atoms with Gasteiger partial charge in [0.05, 0.1) is 12.5 Å². The number of aliphatic hydroxyl groups is 3. The smallest absolute Gasteiger partial charge is 0.165 e. The number of Topliss-reactive ketones (excluding diaryl/α,β-unsaturated/α-hetero) is 2. The lowest BCUT2D eigenvalue weighted by molar-refractivity contribution is -0.149. The van der Waals surface area contributed by atoms with Gasteiger partial charge < -0.3 is 24.8 Å². The molecule has 1 saturated carbocycles. The number of fused-ring (bicyclic) bond motifs is 1. The van der Waals surface area contributed by atoms with Gasteiger partial charge in [-0.3, -0.25) is 9.59 Å². The molecule has 2 aromatic carbocycles. The average molecular weight is 509 g/mol. The molecule has 1 heterocycles. The van der Waals surface area contributed by atoms with Gasteiger partial charge in [-0.25, -0.2) is 0 Å². The molecule has 5 atom stereocenters. The maximum atomic E-state index is 13.2.